The lowest BCUT2D eigenvalue weighted by atomic mass is 9.78. The van der Waals surface area contributed by atoms with E-state index in [0.717, 1.165) is 38.7 Å². The Morgan fingerprint density at radius 1 is 0.414 bits per heavy atom. The van der Waals surface area contributed by atoms with Gasteiger partial charge in [0.25, 0.3) is 0 Å². The molecular weight excluding hydrogens is 705 g/mol. The Morgan fingerprint density at radius 3 is 1.67 bits per heavy atom. The molecule has 4 heteroatoms. The van der Waals surface area contributed by atoms with E-state index in [1.807, 2.05) is 38.1 Å². The van der Waals surface area contributed by atoms with Crippen molar-refractivity contribution in [1.82, 2.24) is 19.5 Å². The monoisotopic (exact) mass is 746 g/mol. The summed E-state index contributed by atoms with van der Waals surface area (Å²) in [7, 11) is 0. The summed E-state index contributed by atoms with van der Waals surface area (Å²) in [4.78, 5) is 15.8. The number of nitrogens with zero attached hydrogens (tertiary/aromatic N) is 4. The van der Waals surface area contributed by atoms with Gasteiger partial charge in [-0.15, -0.1) is 0 Å². The molecule has 0 atom stereocenters. The van der Waals surface area contributed by atoms with Gasteiger partial charge in [0.2, 0.25) is 5.95 Å². The first-order valence-electron chi connectivity index (χ1n) is 20.2. The number of benzene rings is 8. The highest BCUT2D eigenvalue weighted by molar-refractivity contribution is 6.23. The summed E-state index contributed by atoms with van der Waals surface area (Å²) in [5.74, 6) is 1.83. The van der Waals surface area contributed by atoms with E-state index in [9.17, 15) is 0 Å². The van der Waals surface area contributed by atoms with Gasteiger partial charge in [0, 0.05) is 32.9 Å². The fourth-order valence-corrected chi connectivity index (χ4v) is 9.09. The van der Waals surface area contributed by atoms with Crippen LogP contribution in [0.2, 0.25) is 0 Å². The first-order valence-corrected chi connectivity index (χ1v) is 20.2. The molecule has 278 valence electrons. The van der Waals surface area contributed by atoms with Crippen molar-refractivity contribution in [3.8, 4) is 62.1 Å². The average Bonchev–Trinajstić information content (AvgIpc) is 3.77. The van der Waals surface area contributed by atoms with Crippen molar-refractivity contribution in [2.24, 2.45) is 0 Å². The van der Waals surface area contributed by atoms with Gasteiger partial charge in [0.1, 0.15) is 0 Å². The molecule has 2 aromatic heterocycles. The number of hydrogen-bond acceptors (Lipinski definition) is 3. The van der Waals surface area contributed by atoms with Crippen molar-refractivity contribution in [3.05, 3.63) is 193 Å². The van der Waals surface area contributed by atoms with Crippen LogP contribution in [0.25, 0.3) is 94.7 Å². The van der Waals surface area contributed by atoms with E-state index in [2.05, 4.69) is 176 Å². The topological polar surface area (TPSA) is 43.6 Å². The summed E-state index contributed by atoms with van der Waals surface area (Å²) in [6.07, 6.45) is 0. The fraction of sp³-hybridized carbons (Fsp3) is 0.0926. The molecule has 0 aliphatic heterocycles. The zero-order valence-electron chi connectivity index (χ0n) is 33.1. The molecule has 0 spiro atoms. The zero-order chi connectivity index (χ0) is 39.4. The number of rotatable bonds is 5. The Hall–Kier alpha value is -7.17. The second kappa shape index (κ2) is 14.1. The van der Waals surface area contributed by atoms with Gasteiger partial charge in [0.15, 0.2) is 11.6 Å². The van der Waals surface area contributed by atoms with Gasteiger partial charge < -0.3 is 0 Å². The molecule has 1 aliphatic rings. The van der Waals surface area contributed by atoms with E-state index in [1.165, 1.54) is 49.5 Å². The lowest BCUT2D eigenvalue weighted by Crippen LogP contribution is -2.16. The summed E-state index contributed by atoms with van der Waals surface area (Å²) in [6.45, 7) is 8.72. The maximum atomic E-state index is 5.36. The van der Waals surface area contributed by atoms with Gasteiger partial charge >= 0.3 is 0 Å². The van der Waals surface area contributed by atoms with Crippen molar-refractivity contribution in [1.29, 1.82) is 0 Å². The van der Waals surface area contributed by atoms with Crippen LogP contribution < -0.4 is 0 Å². The summed E-state index contributed by atoms with van der Waals surface area (Å²) >= 11 is 0. The average molecular weight is 747 g/mol. The van der Waals surface area contributed by atoms with Crippen LogP contribution in [0.1, 0.15) is 38.8 Å². The summed E-state index contributed by atoms with van der Waals surface area (Å²) in [5, 5.41) is 4.74. The predicted octanol–water partition coefficient (Wildman–Crippen LogP) is 14.1. The van der Waals surface area contributed by atoms with Crippen LogP contribution in [0.15, 0.2) is 182 Å². The molecule has 10 aromatic rings. The Labute approximate surface area is 339 Å². The van der Waals surface area contributed by atoms with E-state index in [4.69, 9.17) is 15.0 Å². The van der Waals surface area contributed by atoms with Crippen LogP contribution in [-0.2, 0) is 5.41 Å². The van der Waals surface area contributed by atoms with Gasteiger partial charge in [-0.05, 0) is 55.8 Å². The minimum Gasteiger partial charge on any atom is -0.277 e. The molecule has 0 amide bonds. The molecule has 0 bridgehead atoms. The van der Waals surface area contributed by atoms with Crippen LogP contribution in [0.4, 0.5) is 0 Å². The van der Waals surface area contributed by atoms with E-state index >= 15 is 0 Å². The van der Waals surface area contributed by atoms with Gasteiger partial charge in [-0.25, -0.2) is 4.98 Å². The van der Waals surface area contributed by atoms with E-state index < -0.39 is 0 Å². The summed E-state index contributed by atoms with van der Waals surface area (Å²) in [5.41, 5.74) is 13.8. The van der Waals surface area contributed by atoms with Crippen LogP contribution in [0.3, 0.4) is 0 Å². The second-order valence-electron chi connectivity index (χ2n) is 15.2. The van der Waals surface area contributed by atoms with Crippen molar-refractivity contribution in [2.45, 2.75) is 33.1 Å². The Balaban J connectivity index is 0.00000201. The van der Waals surface area contributed by atoms with E-state index in [-0.39, 0.29) is 5.41 Å². The Bertz CT molecular complexity index is 3140. The fourth-order valence-electron chi connectivity index (χ4n) is 9.09. The van der Waals surface area contributed by atoms with Crippen LogP contribution in [0, 0.1) is 0 Å². The second-order valence-corrected chi connectivity index (χ2v) is 15.2. The largest absolute Gasteiger partial charge is 0.277 e. The maximum absolute atomic E-state index is 5.36. The molecule has 0 unspecified atom stereocenters. The highest BCUT2D eigenvalue weighted by Gasteiger charge is 2.38. The maximum Gasteiger partial charge on any atom is 0.238 e. The predicted molar refractivity (Wildman–Crippen MR) is 242 cm³/mol. The van der Waals surface area contributed by atoms with Crippen molar-refractivity contribution in [2.75, 3.05) is 0 Å². The molecule has 4 nitrogen and oxygen atoms in total. The Kier molecular flexibility index (Phi) is 8.57. The van der Waals surface area contributed by atoms with Crippen LogP contribution in [0.5, 0.6) is 0 Å². The first kappa shape index (κ1) is 35.3. The van der Waals surface area contributed by atoms with E-state index in [1.54, 1.807) is 0 Å². The number of hydrogen-bond donors (Lipinski definition) is 0. The molecule has 0 saturated carbocycles. The standard InChI is InChI=1S/C52H36N4.C2H6/c1-52(2)44-26-12-11-21-39(44)40-22-13-23-41(47(40)52)42-24-14-25-43-46-38-20-10-9-17-35(38)31-32-45(46)56(48(42)43)51-54-49(36-18-7-4-8-19-36)53-50(55-51)37-29-27-34(28-30-37)33-15-5-3-6-16-33;1-2/h3-32H,1-2H3;1-2H3. The molecule has 58 heavy (non-hydrogen) atoms. The molecule has 0 radical (unpaired) electrons. The van der Waals surface area contributed by atoms with E-state index in [0.29, 0.717) is 17.6 Å². The normalized spacial score (nSPS) is 12.6. The highest BCUT2D eigenvalue weighted by atomic mass is 15.2. The number of para-hydroxylation sites is 1. The zero-order valence-corrected chi connectivity index (χ0v) is 33.1. The summed E-state index contributed by atoms with van der Waals surface area (Å²) < 4.78 is 2.29. The summed E-state index contributed by atoms with van der Waals surface area (Å²) in [6, 6.07) is 64.7. The van der Waals surface area contributed by atoms with Gasteiger partial charge in [-0.1, -0.05) is 204 Å². The van der Waals surface area contributed by atoms with Crippen molar-refractivity contribution in [3.63, 3.8) is 0 Å². The van der Waals surface area contributed by atoms with Gasteiger partial charge in [-0.3, -0.25) is 4.57 Å². The molecule has 0 saturated heterocycles. The lowest BCUT2D eigenvalue weighted by Gasteiger charge is -2.25. The SMILES string of the molecule is CC.CC1(C)c2ccccc2-c2cccc(-c3cccc4c5c6ccccc6ccc5n(-c5nc(-c6ccccc6)nc(-c6ccc(-c7ccccc7)cc6)n5)c34)c21. The van der Waals surface area contributed by atoms with Crippen LogP contribution in [-0.4, -0.2) is 19.5 Å². The molecular formula is C54H42N4. The molecule has 0 fully saturated rings. The Morgan fingerprint density at radius 2 is 0.931 bits per heavy atom. The minimum atomic E-state index is -0.193. The molecule has 0 N–H and O–H groups in total. The molecule has 8 aromatic carbocycles. The smallest absolute Gasteiger partial charge is 0.238 e. The molecule has 11 rings (SSSR count). The van der Waals surface area contributed by atoms with Crippen LogP contribution >= 0.6 is 0 Å². The molecule has 1 aliphatic carbocycles. The van der Waals surface area contributed by atoms with Gasteiger partial charge in [0.05, 0.1) is 11.0 Å². The molecule has 2 heterocycles. The highest BCUT2D eigenvalue weighted by Crippen LogP contribution is 2.53. The first-order chi connectivity index (χ1) is 28.5. The third-order valence-corrected chi connectivity index (χ3v) is 11.7. The number of aromatic nitrogens is 4. The minimum absolute atomic E-state index is 0.193. The lowest BCUT2D eigenvalue weighted by molar-refractivity contribution is 0.662. The van der Waals surface area contributed by atoms with Crippen molar-refractivity contribution >= 4 is 32.6 Å². The quantitative estimate of drug-likeness (QED) is 0.176. The van der Waals surface area contributed by atoms with Crippen molar-refractivity contribution < 1.29 is 0 Å². The number of fused-ring (bicyclic) bond motifs is 8. The third kappa shape index (κ3) is 5.55. The third-order valence-electron chi connectivity index (χ3n) is 11.7. The van der Waals surface area contributed by atoms with Gasteiger partial charge in [-0.2, -0.15) is 9.97 Å².